The third-order valence-electron chi connectivity index (χ3n) is 5.45. The van der Waals surface area contributed by atoms with Crippen molar-refractivity contribution >= 4 is 38.7 Å². The van der Waals surface area contributed by atoms with Gasteiger partial charge in [0.25, 0.3) is 0 Å². The quantitative estimate of drug-likeness (QED) is 0.700. The molecule has 3 heterocycles. The van der Waals surface area contributed by atoms with Gasteiger partial charge in [0.05, 0.1) is 30.9 Å². The maximum absolute atomic E-state index is 13.2. The van der Waals surface area contributed by atoms with E-state index in [1.165, 1.54) is 4.31 Å². The topological polar surface area (TPSA) is 105 Å². The summed E-state index contributed by atoms with van der Waals surface area (Å²) >= 11 is 0.997. The molecular weight excluding hydrogens is 414 g/mol. The van der Waals surface area contributed by atoms with Crippen LogP contribution in [-0.4, -0.2) is 84.8 Å². The molecule has 2 aliphatic rings. The van der Waals surface area contributed by atoms with E-state index in [1.54, 1.807) is 18.2 Å². The standard InChI is InChI=1S/C18H25N5O4S2/c24-18(19-6-8-22-9-11-27-12-10-22)14-3-2-7-23(13-14)29(25,26)16-5-1-4-15-17(16)21-28-20-15/h1,4-5,14H,2-3,6-13H2,(H,19,24). The molecule has 0 bridgehead atoms. The number of hydrogen-bond acceptors (Lipinski definition) is 8. The monoisotopic (exact) mass is 439 g/mol. The molecule has 0 saturated carbocycles. The molecule has 1 aromatic carbocycles. The fourth-order valence-electron chi connectivity index (χ4n) is 3.81. The number of carbonyl (C=O) groups excluding carboxylic acids is 1. The van der Waals surface area contributed by atoms with E-state index in [4.69, 9.17) is 4.74 Å². The van der Waals surface area contributed by atoms with Crippen LogP contribution in [0.3, 0.4) is 0 Å². The smallest absolute Gasteiger partial charge is 0.245 e. The fraction of sp³-hybridized carbons (Fsp3) is 0.611. The summed E-state index contributed by atoms with van der Waals surface area (Å²) in [6.07, 6.45) is 1.35. The van der Waals surface area contributed by atoms with Crippen molar-refractivity contribution in [3.8, 4) is 0 Å². The van der Waals surface area contributed by atoms with Crippen LogP contribution in [0.5, 0.6) is 0 Å². The van der Waals surface area contributed by atoms with Gasteiger partial charge >= 0.3 is 0 Å². The number of hydrogen-bond donors (Lipinski definition) is 1. The zero-order valence-electron chi connectivity index (χ0n) is 16.1. The molecule has 1 aromatic heterocycles. The number of piperidine rings is 1. The SMILES string of the molecule is O=C(NCCN1CCOCC1)C1CCCN(S(=O)(=O)c2cccc3nsnc23)C1. The first-order valence-corrected chi connectivity index (χ1v) is 12.0. The fourth-order valence-corrected chi connectivity index (χ4v) is 6.09. The van der Waals surface area contributed by atoms with Gasteiger partial charge in [-0.2, -0.15) is 13.1 Å². The van der Waals surface area contributed by atoms with Crippen molar-refractivity contribution in [2.24, 2.45) is 5.92 Å². The first-order chi connectivity index (χ1) is 14.1. The third kappa shape index (κ3) is 4.58. The lowest BCUT2D eigenvalue weighted by Gasteiger charge is -2.31. The Hall–Kier alpha value is -1.66. The second-order valence-electron chi connectivity index (χ2n) is 7.34. The Balaban J connectivity index is 1.38. The van der Waals surface area contributed by atoms with E-state index in [9.17, 15) is 13.2 Å². The molecule has 0 spiro atoms. The van der Waals surface area contributed by atoms with Gasteiger partial charge in [-0.3, -0.25) is 9.69 Å². The zero-order valence-corrected chi connectivity index (χ0v) is 17.8. The van der Waals surface area contributed by atoms with E-state index >= 15 is 0 Å². The van der Waals surface area contributed by atoms with Gasteiger partial charge in [-0.25, -0.2) is 8.42 Å². The minimum atomic E-state index is -3.73. The molecule has 2 saturated heterocycles. The summed E-state index contributed by atoms with van der Waals surface area (Å²) in [4.78, 5) is 15.0. The average Bonchev–Trinajstić information content (AvgIpc) is 3.23. The summed E-state index contributed by atoms with van der Waals surface area (Å²) in [6, 6.07) is 4.99. The molecule has 2 fully saturated rings. The number of ether oxygens (including phenoxy) is 1. The number of aromatic nitrogens is 2. The Bertz CT molecular complexity index is 958. The van der Waals surface area contributed by atoms with Crippen molar-refractivity contribution in [1.82, 2.24) is 23.3 Å². The molecule has 0 aliphatic carbocycles. The van der Waals surface area contributed by atoms with Crippen LogP contribution in [0.4, 0.5) is 0 Å². The number of carbonyl (C=O) groups is 1. The number of rotatable bonds is 6. The van der Waals surface area contributed by atoms with Crippen molar-refractivity contribution in [1.29, 1.82) is 0 Å². The molecule has 2 aromatic rings. The molecule has 2 aliphatic heterocycles. The Labute approximate surface area is 174 Å². The van der Waals surface area contributed by atoms with Crippen LogP contribution in [0.2, 0.25) is 0 Å². The van der Waals surface area contributed by atoms with Gasteiger partial charge in [-0.05, 0) is 25.0 Å². The highest BCUT2D eigenvalue weighted by molar-refractivity contribution is 7.89. The molecule has 29 heavy (non-hydrogen) atoms. The van der Waals surface area contributed by atoms with Crippen molar-refractivity contribution in [3.63, 3.8) is 0 Å². The van der Waals surface area contributed by atoms with Crippen LogP contribution >= 0.6 is 11.7 Å². The molecule has 158 valence electrons. The number of sulfonamides is 1. The summed E-state index contributed by atoms with van der Waals surface area (Å²) in [7, 11) is -3.73. The van der Waals surface area contributed by atoms with Crippen LogP contribution in [0, 0.1) is 5.92 Å². The largest absolute Gasteiger partial charge is 0.379 e. The minimum Gasteiger partial charge on any atom is -0.379 e. The Kier molecular flexibility index (Phi) is 6.40. The van der Waals surface area contributed by atoms with Crippen LogP contribution in [-0.2, 0) is 19.6 Å². The van der Waals surface area contributed by atoms with Crippen LogP contribution in [0.1, 0.15) is 12.8 Å². The highest BCUT2D eigenvalue weighted by Crippen LogP contribution is 2.28. The van der Waals surface area contributed by atoms with E-state index in [1.807, 2.05) is 0 Å². The predicted molar refractivity (Wildman–Crippen MR) is 109 cm³/mol. The maximum atomic E-state index is 13.2. The average molecular weight is 440 g/mol. The second-order valence-corrected chi connectivity index (χ2v) is 9.77. The van der Waals surface area contributed by atoms with Gasteiger partial charge in [0.2, 0.25) is 15.9 Å². The molecule has 0 radical (unpaired) electrons. The van der Waals surface area contributed by atoms with Crippen molar-refractivity contribution in [2.75, 3.05) is 52.5 Å². The second kappa shape index (κ2) is 9.00. The van der Waals surface area contributed by atoms with Crippen LogP contribution < -0.4 is 5.32 Å². The number of morpholine rings is 1. The van der Waals surface area contributed by atoms with Crippen LogP contribution in [0.15, 0.2) is 23.1 Å². The molecule has 1 N–H and O–H groups in total. The van der Waals surface area contributed by atoms with E-state index in [0.29, 0.717) is 37.0 Å². The van der Waals surface area contributed by atoms with E-state index in [-0.39, 0.29) is 23.3 Å². The molecule has 11 heteroatoms. The summed E-state index contributed by atoms with van der Waals surface area (Å²) in [6.45, 7) is 5.15. The Morgan fingerprint density at radius 1 is 1.24 bits per heavy atom. The molecule has 1 unspecified atom stereocenters. The first kappa shape index (κ1) is 20.6. The highest BCUT2D eigenvalue weighted by Gasteiger charge is 2.34. The highest BCUT2D eigenvalue weighted by atomic mass is 32.2. The van der Waals surface area contributed by atoms with Crippen molar-refractivity contribution in [3.05, 3.63) is 18.2 Å². The summed E-state index contributed by atoms with van der Waals surface area (Å²) < 4.78 is 41.4. The summed E-state index contributed by atoms with van der Waals surface area (Å²) in [5.74, 6) is -0.414. The Morgan fingerprint density at radius 2 is 2.07 bits per heavy atom. The zero-order chi connectivity index (χ0) is 20.3. The third-order valence-corrected chi connectivity index (χ3v) is 7.89. The molecule has 4 rings (SSSR count). The minimum absolute atomic E-state index is 0.0771. The lowest BCUT2D eigenvalue weighted by molar-refractivity contribution is -0.126. The number of nitrogens with one attached hydrogen (secondary N) is 1. The number of benzene rings is 1. The van der Waals surface area contributed by atoms with Gasteiger partial charge < -0.3 is 10.1 Å². The van der Waals surface area contributed by atoms with E-state index < -0.39 is 10.0 Å². The van der Waals surface area contributed by atoms with Crippen LogP contribution in [0.25, 0.3) is 11.0 Å². The predicted octanol–water partition coefficient (Wildman–Crippen LogP) is 0.540. The number of fused-ring (bicyclic) bond motifs is 1. The summed E-state index contributed by atoms with van der Waals surface area (Å²) in [5, 5.41) is 2.97. The first-order valence-electron chi connectivity index (χ1n) is 9.85. The lowest BCUT2D eigenvalue weighted by atomic mass is 9.99. The lowest BCUT2D eigenvalue weighted by Crippen LogP contribution is -2.47. The molecular formula is C18H25N5O4S2. The van der Waals surface area contributed by atoms with Gasteiger partial charge in [0.1, 0.15) is 15.9 Å². The summed E-state index contributed by atoms with van der Waals surface area (Å²) in [5.41, 5.74) is 0.972. The van der Waals surface area contributed by atoms with Gasteiger partial charge in [0, 0.05) is 39.3 Å². The molecule has 9 nitrogen and oxygen atoms in total. The van der Waals surface area contributed by atoms with E-state index in [0.717, 1.165) is 44.6 Å². The molecule has 1 atom stereocenters. The van der Waals surface area contributed by atoms with E-state index in [2.05, 4.69) is 19.0 Å². The van der Waals surface area contributed by atoms with Gasteiger partial charge in [-0.15, -0.1) is 0 Å². The normalized spacial score (nSPS) is 22.0. The van der Waals surface area contributed by atoms with Crippen molar-refractivity contribution < 1.29 is 17.9 Å². The number of nitrogens with zero attached hydrogens (tertiary/aromatic N) is 4. The Morgan fingerprint density at radius 3 is 2.90 bits per heavy atom. The molecule has 1 amide bonds. The van der Waals surface area contributed by atoms with Crippen molar-refractivity contribution in [2.45, 2.75) is 17.7 Å². The van der Waals surface area contributed by atoms with Gasteiger partial charge in [-0.1, -0.05) is 6.07 Å². The van der Waals surface area contributed by atoms with Gasteiger partial charge in [0.15, 0.2) is 0 Å². The maximum Gasteiger partial charge on any atom is 0.245 e. The number of amides is 1.